The van der Waals surface area contributed by atoms with Gasteiger partial charge in [-0.25, -0.2) is 19.3 Å². The van der Waals surface area contributed by atoms with Crippen LogP contribution in [0.15, 0.2) is 48.7 Å². The third kappa shape index (κ3) is 6.31. The molecular formula is C30H30ClN7O3. The number of halogens is 1. The summed E-state index contributed by atoms with van der Waals surface area (Å²) in [5.41, 5.74) is 4.00. The molecule has 5 rings (SSSR count). The van der Waals surface area contributed by atoms with Gasteiger partial charge < -0.3 is 15.0 Å². The average Bonchev–Trinajstić information content (AvgIpc) is 3.31. The minimum Gasteiger partial charge on any atom is -0.444 e. The zero-order valence-electron chi connectivity index (χ0n) is 23.3. The molecule has 3 aromatic heterocycles. The summed E-state index contributed by atoms with van der Waals surface area (Å²) >= 11 is 6.32. The Morgan fingerprint density at radius 2 is 1.95 bits per heavy atom. The molecule has 11 heteroatoms. The van der Waals surface area contributed by atoms with Gasteiger partial charge in [0.15, 0.2) is 5.65 Å². The predicted octanol–water partition coefficient (Wildman–Crippen LogP) is 5.42. The maximum atomic E-state index is 13.4. The lowest BCUT2D eigenvalue weighted by Gasteiger charge is -2.34. The van der Waals surface area contributed by atoms with Gasteiger partial charge in [-0.15, -0.1) is 0 Å². The molecule has 1 aromatic carbocycles. The van der Waals surface area contributed by atoms with Crippen LogP contribution in [-0.4, -0.2) is 61.2 Å². The Bertz CT molecular complexity index is 1670. The number of carbonyl (C=O) groups is 2. The van der Waals surface area contributed by atoms with Gasteiger partial charge in [-0.2, -0.15) is 10.4 Å². The number of carbonyl (C=O) groups excluding carboxylic acids is 2. The van der Waals surface area contributed by atoms with Crippen molar-refractivity contribution in [3.8, 4) is 28.5 Å². The summed E-state index contributed by atoms with van der Waals surface area (Å²) in [6, 6.07) is 14.3. The molecule has 10 nitrogen and oxygen atoms in total. The van der Waals surface area contributed by atoms with Crippen LogP contribution in [0.1, 0.15) is 55.4 Å². The molecule has 4 heterocycles. The van der Waals surface area contributed by atoms with Crippen molar-refractivity contribution >= 4 is 29.2 Å². The number of aromatic nitrogens is 4. The average molecular weight is 572 g/mol. The highest BCUT2D eigenvalue weighted by molar-refractivity contribution is 6.29. The first kappa shape index (κ1) is 28.1. The van der Waals surface area contributed by atoms with Crippen LogP contribution in [0.3, 0.4) is 0 Å². The Hall–Kier alpha value is -4.49. The molecule has 1 aliphatic rings. The van der Waals surface area contributed by atoms with E-state index in [1.54, 1.807) is 45.9 Å². The van der Waals surface area contributed by atoms with Crippen LogP contribution in [0.5, 0.6) is 0 Å². The first-order chi connectivity index (χ1) is 19.5. The number of nitrogens with zero attached hydrogens (tertiary/aromatic N) is 6. The fraction of sp³-hybridized carbons (Fsp3) is 0.333. The number of ether oxygens (including phenoxy) is 1. The molecule has 1 fully saturated rings. The number of hydrogen-bond donors (Lipinski definition) is 1. The van der Waals surface area contributed by atoms with E-state index < -0.39 is 5.60 Å². The van der Waals surface area contributed by atoms with Gasteiger partial charge in [0.1, 0.15) is 22.1 Å². The lowest BCUT2D eigenvalue weighted by atomic mass is 10.00. The SMILES string of the molecule is Cc1cc(-c2c(-c3cccc(C#N)c3)nn3ccc(C(=O)N[C@H]4CCCN(C(=O)OC(C)(C)C)C4)nc23)cc(Cl)n1. The maximum Gasteiger partial charge on any atom is 0.410 e. The van der Waals surface area contributed by atoms with Gasteiger partial charge in [-0.05, 0) is 76.4 Å². The Morgan fingerprint density at radius 3 is 2.68 bits per heavy atom. The number of hydrogen-bond acceptors (Lipinski definition) is 7. The number of likely N-dealkylation sites (tertiary alicyclic amines) is 1. The fourth-order valence-electron chi connectivity index (χ4n) is 4.88. The first-order valence-electron chi connectivity index (χ1n) is 13.3. The van der Waals surface area contributed by atoms with Gasteiger partial charge >= 0.3 is 6.09 Å². The van der Waals surface area contributed by atoms with Crippen molar-refractivity contribution < 1.29 is 14.3 Å². The van der Waals surface area contributed by atoms with Crippen LogP contribution < -0.4 is 5.32 Å². The smallest absolute Gasteiger partial charge is 0.410 e. The van der Waals surface area contributed by atoms with Gasteiger partial charge in [0.25, 0.3) is 5.91 Å². The highest BCUT2D eigenvalue weighted by Gasteiger charge is 2.29. The van der Waals surface area contributed by atoms with E-state index in [1.165, 1.54) is 0 Å². The molecule has 1 aliphatic heterocycles. The van der Waals surface area contributed by atoms with Crippen molar-refractivity contribution in [3.05, 3.63) is 70.8 Å². The van der Waals surface area contributed by atoms with Gasteiger partial charge in [0, 0.05) is 36.6 Å². The van der Waals surface area contributed by atoms with Crippen LogP contribution in [0, 0.1) is 18.3 Å². The lowest BCUT2D eigenvalue weighted by molar-refractivity contribution is 0.0185. The van der Waals surface area contributed by atoms with Crippen LogP contribution in [0.4, 0.5) is 4.79 Å². The summed E-state index contributed by atoms with van der Waals surface area (Å²) in [6.07, 6.45) is 2.78. The molecule has 2 amide bonds. The number of rotatable bonds is 4. The topological polar surface area (TPSA) is 126 Å². The highest BCUT2D eigenvalue weighted by atomic mass is 35.5. The number of pyridine rings is 1. The number of aryl methyl sites for hydroxylation is 1. The monoisotopic (exact) mass is 571 g/mol. The molecule has 0 saturated carbocycles. The van der Waals surface area contributed by atoms with Crippen molar-refractivity contribution in [1.29, 1.82) is 5.26 Å². The molecule has 0 bridgehead atoms. The lowest BCUT2D eigenvalue weighted by Crippen LogP contribution is -2.50. The van der Waals surface area contributed by atoms with Crippen molar-refractivity contribution in [1.82, 2.24) is 29.8 Å². The Kier molecular flexibility index (Phi) is 7.65. The van der Waals surface area contributed by atoms with Gasteiger partial charge in [-0.3, -0.25) is 4.79 Å². The Labute approximate surface area is 242 Å². The highest BCUT2D eigenvalue weighted by Crippen LogP contribution is 2.36. The second-order valence-electron chi connectivity index (χ2n) is 11.1. The van der Waals surface area contributed by atoms with E-state index >= 15 is 0 Å². The van der Waals surface area contributed by atoms with Gasteiger partial charge in [0.2, 0.25) is 0 Å². The summed E-state index contributed by atoms with van der Waals surface area (Å²) in [7, 11) is 0. The second-order valence-corrected chi connectivity index (χ2v) is 11.4. The normalized spacial score (nSPS) is 15.4. The number of piperidine rings is 1. The van der Waals surface area contributed by atoms with E-state index in [4.69, 9.17) is 26.4 Å². The predicted molar refractivity (Wildman–Crippen MR) is 154 cm³/mol. The van der Waals surface area contributed by atoms with E-state index in [9.17, 15) is 14.9 Å². The summed E-state index contributed by atoms with van der Waals surface area (Å²) in [5.74, 6) is -0.354. The van der Waals surface area contributed by atoms with Crippen LogP contribution in [-0.2, 0) is 4.74 Å². The molecule has 4 aromatic rings. The van der Waals surface area contributed by atoms with Gasteiger partial charge in [0.05, 0.1) is 17.2 Å². The minimum atomic E-state index is -0.595. The summed E-state index contributed by atoms with van der Waals surface area (Å²) in [4.78, 5) is 36.6. The molecule has 0 unspecified atom stereocenters. The number of amides is 2. The Balaban J connectivity index is 1.49. The van der Waals surface area contributed by atoms with Gasteiger partial charge in [-0.1, -0.05) is 23.7 Å². The third-order valence-electron chi connectivity index (χ3n) is 6.60. The Morgan fingerprint density at radius 1 is 1.15 bits per heavy atom. The third-order valence-corrected chi connectivity index (χ3v) is 6.80. The van der Waals surface area contributed by atoms with Crippen LogP contribution >= 0.6 is 11.6 Å². The molecule has 0 spiro atoms. The zero-order chi connectivity index (χ0) is 29.3. The van der Waals surface area contributed by atoms with Crippen molar-refractivity contribution in [2.75, 3.05) is 13.1 Å². The molecular weight excluding hydrogens is 542 g/mol. The summed E-state index contributed by atoms with van der Waals surface area (Å²) in [5, 5.41) is 17.6. The molecule has 1 atom stereocenters. The summed E-state index contributed by atoms with van der Waals surface area (Å²) in [6.45, 7) is 8.26. The quantitative estimate of drug-likeness (QED) is 0.324. The minimum absolute atomic E-state index is 0.210. The molecule has 210 valence electrons. The van der Waals surface area contributed by atoms with E-state index in [-0.39, 0.29) is 23.7 Å². The van der Waals surface area contributed by atoms with E-state index in [1.807, 2.05) is 39.8 Å². The second kappa shape index (κ2) is 11.2. The molecule has 0 radical (unpaired) electrons. The summed E-state index contributed by atoms with van der Waals surface area (Å²) < 4.78 is 7.12. The number of nitriles is 1. The van der Waals surface area contributed by atoms with Crippen molar-refractivity contribution in [3.63, 3.8) is 0 Å². The van der Waals surface area contributed by atoms with E-state index in [0.717, 1.165) is 24.0 Å². The molecule has 41 heavy (non-hydrogen) atoms. The largest absolute Gasteiger partial charge is 0.444 e. The molecule has 1 saturated heterocycles. The van der Waals surface area contributed by atoms with E-state index in [0.29, 0.717) is 46.4 Å². The first-order valence-corrected chi connectivity index (χ1v) is 13.7. The standard InChI is InChI=1S/C30H30ClN7O3/c1-18-13-21(15-24(31)33-18)25-26(20-8-5-7-19(14-20)16-32)36-38-12-10-23(35-27(25)38)28(39)34-22-9-6-11-37(17-22)29(40)41-30(2,3)4/h5,7-8,10,12-15,22H,6,9,11,17H2,1-4H3,(H,34,39)/t22-/m0/s1. The zero-order valence-corrected chi connectivity index (χ0v) is 24.1. The molecule has 1 N–H and O–H groups in total. The fourth-order valence-corrected chi connectivity index (χ4v) is 5.13. The maximum absolute atomic E-state index is 13.4. The molecule has 0 aliphatic carbocycles. The van der Waals surface area contributed by atoms with Crippen LogP contribution in [0.2, 0.25) is 5.15 Å². The van der Waals surface area contributed by atoms with Crippen molar-refractivity contribution in [2.24, 2.45) is 0 Å². The number of fused-ring (bicyclic) bond motifs is 1. The van der Waals surface area contributed by atoms with E-state index in [2.05, 4.69) is 16.4 Å². The van der Waals surface area contributed by atoms with Crippen molar-refractivity contribution in [2.45, 2.75) is 52.2 Å². The number of benzene rings is 1. The number of nitrogens with one attached hydrogen (secondary N) is 1. The van der Waals surface area contributed by atoms with Crippen LogP contribution in [0.25, 0.3) is 28.0 Å².